The lowest BCUT2D eigenvalue weighted by atomic mass is 10.0. The van der Waals surface area contributed by atoms with E-state index in [-0.39, 0.29) is 12.5 Å². The molecule has 1 aliphatic heterocycles. The molecule has 2 aromatic carbocycles. The second kappa shape index (κ2) is 8.45. The number of fused-ring (bicyclic) bond motifs is 2. The average Bonchev–Trinajstić information content (AvgIpc) is 3.48. The molecule has 0 saturated heterocycles. The van der Waals surface area contributed by atoms with Gasteiger partial charge in [-0.15, -0.1) is 0 Å². The first-order chi connectivity index (χ1) is 15.2. The van der Waals surface area contributed by atoms with Crippen LogP contribution >= 0.6 is 11.3 Å². The number of aromatic nitrogens is 1. The van der Waals surface area contributed by atoms with Crippen LogP contribution in [0, 0.1) is 0 Å². The number of hydrogen-bond donors (Lipinski definition) is 3. The van der Waals surface area contributed by atoms with Gasteiger partial charge in [-0.25, -0.2) is 0 Å². The summed E-state index contributed by atoms with van der Waals surface area (Å²) in [6.07, 6.45) is 2.44. The van der Waals surface area contributed by atoms with Crippen LogP contribution in [0.25, 0.3) is 22.0 Å². The van der Waals surface area contributed by atoms with E-state index in [9.17, 15) is 9.90 Å². The van der Waals surface area contributed by atoms with E-state index in [1.165, 1.54) is 0 Å². The monoisotopic (exact) mass is 434 g/mol. The third-order valence-corrected chi connectivity index (χ3v) is 6.12. The Morgan fingerprint density at radius 1 is 1.16 bits per heavy atom. The van der Waals surface area contributed by atoms with E-state index in [2.05, 4.69) is 10.3 Å². The zero-order valence-electron chi connectivity index (χ0n) is 16.8. The number of thiophene rings is 1. The summed E-state index contributed by atoms with van der Waals surface area (Å²) in [6, 6.07) is 13.3. The number of rotatable bonds is 6. The number of benzene rings is 2. The van der Waals surface area contributed by atoms with Gasteiger partial charge >= 0.3 is 0 Å². The Kier molecular flexibility index (Phi) is 5.36. The molecule has 1 atom stereocenters. The SMILES string of the molecule is O=C(N[C@@H](CO)Cc1c[nH]c2ccccc12)c1cc(-c2ccsc2)cc2c1OCCO2. The first-order valence-corrected chi connectivity index (χ1v) is 11.1. The van der Waals surface area contributed by atoms with Gasteiger partial charge in [-0.1, -0.05) is 18.2 Å². The summed E-state index contributed by atoms with van der Waals surface area (Å²) in [6.45, 7) is 0.667. The number of carbonyl (C=O) groups is 1. The maximum atomic E-state index is 13.2. The van der Waals surface area contributed by atoms with E-state index >= 15 is 0 Å². The lowest BCUT2D eigenvalue weighted by Crippen LogP contribution is -2.39. The van der Waals surface area contributed by atoms with Gasteiger partial charge in [-0.05, 0) is 58.1 Å². The van der Waals surface area contributed by atoms with Crippen LogP contribution in [0.4, 0.5) is 0 Å². The van der Waals surface area contributed by atoms with Crippen LogP contribution in [0.5, 0.6) is 11.5 Å². The third kappa shape index (κ3) is 3.89. The van der Waals surface area contributed by atoms with Crippen molar-refractivity contribution in [3.05, 3.63) is 70.5 Å². The van der Waals surface area contributed by atoms with E-state index in [0.29, 0.717) is 36.7 Å². The Labute approximate surface area is 183 Å². The topological polar surface area (TPSA) is 83.6 Å². The van der Waals surface area contributed by atoms with Crippen molar-refractivity contribution < 1.29 is 19.4 Å². The van der Waals surface area contributed by atoms with Gasteiger partial charge in [0.15, 0.2) is 11.5 Å². The fraction of sp³-hybridized carbons (Fsp3) is 0.208. The largest absolute Gasteiger partial charge is 0.486 e. The highest BCUT2D eigenvalue weighted by Gasteiger charge is 2.24. The molecule has 7 heteroatoms. The molecule has 1 aliphatic rings. The Hall–Kier alpha value is -3.29. The van der Waals surface area contributed by atoms with Crippen molar-refractivity contribution in [1.82, 2.24) is 10.3 Å². The van der Waals surface area contributed by atoms with Crippen LogP contribution in [0.3, 0.4) is 0 Å². The number of nitrogens with one attached hydrogen (secondary N) is 2. The first kappa shape index (κ1) is 19.7. The van der Waals surface area contributed by atoms with Gasteiger partial charge in [0.2, 0.25) is 0 Å². The van der Waals surface area contributed by atoms with Crippen molar-refractivity contribution in [3.63, 3.8) is 0 Å². The van der Waals surface area contributed by atoms with Gasteiger partial charge in [-0.2, -0.15) is 11.3 Å². The molecule has 1 amide bonds. The molecular formula is C24H22N2O4S. The lowest BCUT2D eigenvalue weighted by molar-refractivity contribution is 0.0906. The average molecular weight is 435 g/mol. The minimum absolute atomic E-state index is 0.172. The van der Waals surface area contributed by atoms with Crippen LogP contribution in [-0.2, 0) is 6.42 Å². The zero-order valence-corrected chi connectivity index (χ0v) is 17.6. The van der Waals surface area contributed by atoms with E-state index in [1.54, 1.807) is 11.3 Å². The minimum Gasteiger partial charge on any atom is -0.486 e. The van der Waals surface area contributed by atoms with Gasteiger partial charge in [0.1, 0.15) is 13.2 Å². The second-order valence-corrected chi connectivity index (χ2v) is 8.26. The maximum Gasteiger partial charge on any atom is 0.255 e. The highest BCUT2D eigenvalue weighted by Crippen LogP contribution is 2.39. The van der Waals surface area contributed by atoms with Crippen LogP contribution in [0.1, 0.15) is 15.9 Å². The van der Waals surface area contributed by atoms with E-state index in [0.717, 1.165) is 27.6 Å². The quantitative estimate of drug-likeness (QED) is 0.428. The molecule has 0 radical (unpaired) electrons. The fourth-order valence-electron chi connectivity index (χ4n) is 3.91. The molecule has 0 unspecified atom stereocenters. The van der Waals surface area contributed by atoms with E-state index in [4.69, 9.17) is 9.47 Å². The smallest absolute Gasteiger partial charge is 0.255 e. The van der Waals surface area contributed by atoms with Gasteiger partial charge in [-0.3, -0.25) is 4.79 Å². The van der Waals surface area contributed by atoms with Crippen molar-refractivity contribution >= 4 is 28.1 Å². The molecule has 0 fully saturated rings. The number of aliphatic hydroxyl groups is 1. The number of aromatic amines is 1. The van der Waals surface area contributed by atoms with Gasteiger partial charge in [0, 0.05) is 17.1 Å². The third-order valence-electron chi connectivity index (χ3n) is 5.44. The summed E-state index contributed by atoms with van der Waals surface area (Å²) in [4.78, 5) is 16.5. The van der Waals surface area contributed by atoms with Crippen molar-refractivity contribution in [3.8, 4) is 22.6 Å². The molecule has 158 valence electrons. The Morgan fingerprint density at radius 3 is 2.87 bits per heavy atom. The van der Waals surface area contributed by atoms with Crippen molar-refractivity contribution in [2.24, 2.45) is 0 Å². The van der Waals surface area contributed by atoms with E-state index in [1.807, 2.05) is 59.4 Å². The van der Waals surface area contributed by atoms with Gasteiger partial charge < -0.3 is 24.9 Å². The summed E-state index contributed by atoms with van der Waals surface area (Å²) >= 11 is 1.59. The van der Waals surface area contributed by atoms with Crippen LogP contribution in [-0.4, -0.2) is 41.9 Å². The standard InChI is InChI=1S/C24H22N2O4S/c27-13-18(9-17-12-25-21-4-2-1-3-19(17)21)26-24(28)20-10-16(15-5-8-31-14-15)11-22-23(20)30-7-6-29-22/h1-5,8,10-12,14,18,25,27H,6-7,9,13H2,(H,26,28)/t18-/m1/s1. The van der Waals surface area contributed by atoms with E-state index < -0.39 is 6.04 Å². The molecule has 4 aromatic rings. The van der Waals surface area contributed by atoms with Gasteiger partial charge in [0.25, 0.3) is 5.91 Å². The van der Waals surface area contributed by atoms with Crippen LogP contribution < -0.4 is 14.8 Å². The molecule has 31 heavy (non-hydrogen) atoms. The number of hydrogen-bond acceptors (Lipinski definition) is 5. The number of amides is 1. The number of ether oxygens (including phenoxy) is 2. The molecule has 0 aliphatic carbocycles. The van der Waals surface area contributed by atoms with Gasteiger partial charge in [0.05, 0.1) is 18.2 Å². The molecule has 5 rings (SSSR count). The number of carbonyl (C=O) groups excluding carboxylic acids is 1. The van der Waals surface area contributed by atoms with Crippen LogP contribution in [0.15, 0.2) is 59.4 Å². The molecule has 0 saturated carbocycles. The molecule has 0 spiro atoms. The summed E-state index contributed by atoms with van der Waals surface area (Å²) < 4.78 is 11.5. The summed E-state index contributed by atoms with van der Waals surface area (Å²) in [7, 11) is 0. The Morgan fingerprint density at radius 2 is 2.03 bits per heavy atom. The summed E-state index contributed by atoms with van der Waals surface area (Å²) in [5.41, 5.74) is 4.41. The first-order valence-electron chi connectivity index (χ1n) is 10.2. The minimum atomic E-state index is -0.434. The number of aliphatic hydroxyl groups excluding tert-OH is 1. The Bertz CT molecular complexity index is 1220. The molecule has 3 heterocycles. The molecule has 2 aromatic heterocycles. The Balaban J connectivity index is 1.43. The second-order valence-electron chi connectivity index (χ2n) is 7.48. The molecular weight excluding hydrogens is 412 g/mol. The predicted molar refractivity (Wildman–Crippen MR) is 121 cm³/mol. The van der Waals surface area contributed by atoms with Crippen molar-refractivity contribution in [2.75, 3.05) is 19.8 Å². The van der Waals surface area contributed by atoms with Crippen molar-refractivity contribution in [2.45, 2.75) is 12.5 Å². The summed E-state index contributed by atoms with van der Waals surface area (Å²) in [5, 5.41) is 18.0. The highest BCUT2D eigenvalue weighted by molar-refractivity contribution is 7.08. The lowest BCUT2D eigenvalue weighted by Gasteiger charge is -2.23. The normalized spacial score (nSPS) is 13.8. The fourth-order valence-corrected chi connectivity index (χ4v) is 4.57. The van der Waals surface area contributed by atoms with Crippen molar-refractivity contribution in [1.29, 1.82) is 0 Å². The predicted octanol–water partition coefficient (Wildman–Crippen LogP) is 4.00. The zero-order chi connectivity index (χ0) is 21.2. The molecule has 6 nitrogen and oxygen atoms in total. The highest BCUT2D eigenvalue weighted by atomic mass is 32.1. The maximum absolute atomic E-state index is 13.2. The molecule has 0 bridgehead atoms. The summed E-state index contributed by atoms with van der Waals surface area (Å²) in [5.74, 6) is 0.724. The number of para-hydroxylation sites is 1. The number of H-pyrrole nitrogens is 1. The van der Waals surface area contributed by atoms with Crippen LogP contribution in [0.2, 0.25) is 0 Å². The molecule has 3 N–H and O–H groups in total.